The van der Waals surface area contributed by atoms with Crippen molar-refractivity contribution in [2.45, 2.75) is 19.0 Å². The second-order valence-electron chi connectivity index (χ2n) is 4.15. The number of alkyl halides is 3. The van der Waals surface area contributed by atoms with Gasteiger partial charge in [0, 0.05) is 13.1 Å². The van der Waals surface area contributed by atoms with Gasteiger partial charge in [-0.1, -0.05) is 17.7 Å². The number of hydrogen-bond donors (Lipinski definition) is 0. The SMILES string of the molecule is FC(F)(F)C1CCCN(c2cccc(Cl)n2)C1. The molecule has 1 aliphatic heterocycles. The van der Waals surface area contributed by atoms with Crippen molar-refractivity contribution >= 4 is 17.4 Å². The number of hydrogen-bond acceptors (Lipinski definition) is 2. The van der Waals surface area contributed by atoms with Crippen LogP contribution in [0, 0.1) is 5.92 Å². The molecule has 0 aliphatic carbocycles. The van der Waals surface area contributed by atoms with Crippen LogP contribution in [0.1, 0.15) is 12.8 Å². The molecule has 1 aliphatic rings. The van der Waals surface area contributed by atoms with Crippen LogP contribution in [-0.2, 0) is 0 Å². The summed E-state index contributed by atoms with van der Waals surface area (Å²) in [5, 5.41) is 0.302. The van der Waals surface area contributed by atoms with E-state index < -0.39 is 12.1 Å². The topological polar surface area (TPSA) is 16.1 Å². The van der Waals surface area contributed by atoms with Gasteiger partial charge in [-0.3, -0.25) is 0 Å². The van der Waals surface area contributed by atoms with Crippen LogP contribution < -0.4 is 4.90 Å². The molecule has 0 aromatic carbocycles. The third-order valence-electron chi connectivity index (χ3n) is 2.91. The Labute approximate surface area is 102 Å². The zero-order valence-corrected chi connectivity index (χ0v) is 9.80. The molecule has 1 fully saturated rings. The van der Waals surface area contributed by atoms with Gasteiger partial charge in [0.1, 0.15) is 11.0 Å². The Morgan fingerprint density at radius 3 is 2.76 bits per heavy atom. The summed E-state index contributed by atoms with van der Waals surface area (Å²) >= 11 is 5.73. The Morgan fingerprint density at radius 2 is 2.12 bits per heavy atom. The average Bonchev–Trinajstić information content (AvgIpc) is 2.28. The highest BCUT2D eigenvalue weighted by Crippen LogP contribution is 2.34. The number of aromatic nitrogens is 1. The van der Waals surface area contributed by atoms with E-state index in [9.17, 15) is 13.2 Å². The predicted molar refractivity (Wildman–Crippen MR) is 60.2 cm³/mol. The Hall–Kier alpha value is -0.970. The lowest BCUT2D eigenvalue weighted by Crippen LogP contribution is -2.42. The van der Waals surface area contributed by atoms with Gasteiger partial charge in [-0.15, -0.1) is 0 Å². The van der Waals surface area contributed by atoms with E-state index in [1.165, 1.54) is 0 Å². The van der Waals surface area contributed by atoms with Crippen LogP contribution in [-0.4, -0.2) is 24.2 Å². The molecule has 1 aromatic rings. The highest BCUT2D eigenvalue weighted by atomic mass is 35.5. The number of piperidine rings is 1. The number of pyridine rings is 1. The maximum absolute atomic E-state index is 12.6. The first-order valence-electron chi connectivity index (χ1n) is 5.41. The predicted octanol–water partition coefficient (Wildman–Crippen LogP) is 3.51. The maximum atomic E-state index is 12.6. The van der Waals surface area contributed by atoms with E-state index in [0.29, 0.717) is 23.9 Å². The van der Waals surface area contributed by atoms with Crippen molar-refractivity contribution in [2.24, 2.45) is 5.92 Å². The summed E-state index contributed by atoms with van der Waals surface area (Å²) in [6.45, 7) is 0.566. The number of halogens is 4. The van der Waals surface area contributed by atoms with Crippen molar-refractivity contribution in [1.29, 1.82) is 0 Å². The molecule has 0 amide bonds. The molecule has 1 saturated heterocycles. The number of rotatable bonds is 1. The van der Waals surface area contributed by atoms with Crippen LogP contribution in [0.15, 0.2) is 18.2 Å². The molecule has 0 saturated carbocycles. The van der Waals surface area contributed by atoms with Crippen LogP contribution >= 0.6 is 11.6 Å². The van der Waals surface area contributed by atoms with Crippen LogP contribution in [0.2, 0.25) is 5.15 Å². The monoisotopic (exact) mass is 264 g/mol. The molecule has 1 aromatic heterocycles. The van der Waals surface area contributed by atoms with Crippen molar-refractivity contribution in [3.05, 3.63) is 23.4 Å². The summed E-state index contributed by atoms with van der Waals surface area (Å²) in [5.41, 5.74) is 0. The van der Waals surface area contributed by atoms with E-state index in [4.69, 9.17) is 11.6 Å². The summed E-state index contributed by atoms with van der Waals surface area (Å²) in [4.78, 5) is 5.68. The van der Waals surface area contributed by atoms with Gasteiger partial charge in [0.2, 0.25) is 0 Å². The number of anilines is 1. The normalized spacial score (nSPS) is 21.6. The van der Waals surface area contributed by atoms with E-state index in [1.807, 2.05) is 0 Å². The Bertz CT molecular complexity index is 395. The Balaban J connectivity index is 2.12. The van der Waals surface area contributed by atoms with Crippen LogP contribution in [0.5, 0.6) is 0 Å². The Kier molecular flexibility index (Phi) is 3.47. The lowest BCUT2D eigenvalue weighted by atomic mass is 9.97. The van der Waals surface area contributed by atoms with Gasteiger partial charge in [0.05, 0.1) is 5.92 Å². The van der Waals surface area contributed by atoms with Gasteiger partial charge in [-0.25, -0.2) is 4.98 Å². The minimum absolute atomic E-state index is 0.0309. The summed E-state index contributed by atoms with van der Waals surface area (Å²) < 4.78 is 37.9. The average molecular weight is 265 g/mol. The largest absolute Gasteiger partial charge is 0.393 e. The lowest BCUT2D eigenvalue weighted by Gasteiger charge is -2.34. The van der Waals surface area contributed by atoms with Gasteiger partial charge >= 0.3 is 6.18 Å². The van der Waals surface area contributed by atoms with Crippen molar-refractivity contribution in [1.82, 2.24) is 4.98 Å². The molecule has 0 N–H and O–H groups in total. The quantitative estimate of drug-likeness (QED) is 0.722. The molecule has 2 heterocycles. The molecule has 17 heavy (non-hydrogen) atoms. The molecular weight excluding hydrogens is 253 g/mol. The van der Waals surface area contributed by atoms with E-state index >= 15 is 0 Å². The highest BCUT2D eigenvalue weighted by Gasteiger charge is 2.41. The van der Waals surface area contributed by atoms with Crippen molar-refractivity contribution in [2.75, 3.05) is 18.0 Å². The van der Waals surface area contributed by atoms with E-state index in [-0.39, 0.29) is 13.0 Å². The van der Waals surface area contributed by atoms with Crippen molar-refractivity contribution in [3.63, 3.8) is 0 Å². The first kappa shape index (κ1) is 12.5. The molecule has 1 atom stereocenters. The van der Waals surface area contributed by atoms with E-state index in [2.05, 4.69) is 4.98 Å². The molecule has 0 spiro atoms. The molecule has 6 heteroatoms. The van der Waals surface area contributed by atoms with E-state index in [1.54, 1.807) is 23.1 Å². The fourth-order valence-corrected chi connectivity index (χ4v) is 2.19. The minimum atomic E-state index is -4.13. The first-order valence-corrected chi connectivity index (χ1v) is 5.79. The van der Waals surface area contributed by atoms with Crippen molar-refractivity contribution < 1.29 is 13.2 Å². The highest BCUT2D eigenvalue weighted by molar-refractivity contribution is 6.29. The molecule has 1 unspecified atom stereocenters. The zero-order valence-electron chi connectivity index (χ0n) is 9.04. The van der Waals surface area contributed by atoms with Crippen LogP contribution in [0.25, 0.3) is 0 Å². The van der Waals surface area contributed by atoms with Gasteiger partial charge in [0.25, 0.3) is 0 Å². The van der Waals surface area contributed by atoms with Gasteiger partial charge < -0.3 is 4.90 Å². The molecule has 2 nitrogen and oxygen atoms in total. The van der Waals surface area contributed by atoms with Gasteiger partial charge in [0.15, 0.2) is 0 Å². The summed E-state index contributed by atoms with van der Waals surface area (Å²) in [5.74, 6) is -0.747. The molecular formula is C11H12ClF3N2. The smallest absolute Gasteiger partial charge is 0.356 e. The van der Waals surface area contributed by atoms with Gasteiger partial charge in [-0.05, 0) is 25.0 Å². The van der Waals surface area contributed by atoms with Crippen LogP contribution in [0.3, 0.4) is 0 Å². The van der Waals surface area contributed by atoms with Crippen LogP contribution in [0.4, 0.5) is 19.0 Å². The molecule has 2 rings (SSSR count). The fourth-order valence-electron chi connectivity index (χ4n) is 2.03. The second kappa shape index (κ2) is 4.72. The zero-order chi connectivity index (χ0) is 12.5. The first-order chi connectivity index (χ1) is 7.97. The summed E-state index contributed by atoms with van der Waals surface area (Å²) in [6, 6.07) is 4.99. The molecule has 0 radical (unpaired) electrons. The van der Waals surface area contributed by atoms with Crippen molar-refractivity contribution in [3.8, 4) is 0 Å². The fraction of sp³-hybridized carbons (Fsp3) is 0.545. The minimum Gasteiger partial charge on any atom is -0.356 e. The third-order valence-corrected chi connectivity index (χ3v) is 3.12. The Morgan fingerprint density at radius 1 is 1.35 bits per heavy atom. The summed E-state index contributed by atoms with van der Waals surface area (Å²) in [7, 11) is 0. The standard InChI is InChI=1S/C11H12ClF3N2/c12-9-4-1-5-10(16-9)17-6-2-3-8(7-17)11(13,14)15/h1,4-5,8H,2-3,6-7H2. The molecule has 0 bridgehead atoms. The van der Waals surface area contributed by atoms with E-state index in [0.717, 1.165) is 0 Å². The maximum Gasteiger partial charge on any atom is 0.393 e. The lowest BCUT2D eigenvalue weighted by molar-refractivity contribution is -0.176. The second-order valence-corrected chi connectivity index (χ2v) is 4.53. The third kappa shape index (κ3) is 3.03. The van der Waals surface area contributed by atoms with Gasteiger partial charge in [-0.2, -0.15) is 13.2 Å². The summed E-state index contributed by atoms with van der Waals surface area (Å²) in [6.07, 6.45) is -3.41. The number of nitrogens with zero attached hydrogens (tertiary/aromatic N) is 2. The molecule has 94 valence electrons.